The summed E-state index contributed by atoms with van der Waals surface area (Å²) >= 11 is 0. The Kier molecular flexibility index (Phi) is 7.49. The Morgan fingerprint density at radius 2 is 0.758 bits per heavy atom. The van der Waals surface area contributed by atoms with Crippen molar-refractivity contribution >= 4 is 21.9 Å². The number of hydrogen-bond acceptors (Lipinski definition) is 4. The molecular formula is C58H35N3O. The number of hydrogen-bond donors (Lipinski definition) is 0. The SMILES string of the molecule is c1ccc(-c2nc(-c3ccc(-c4cccc5c4C4(c6ccccc6-c6ccccc64)c4ccccc4-5)cc3)nc(-c3cccc(-c4cccc5oc6ccccc6c45)c3)n2)cc1. The van der Waals surface area contributed by atoms with Crippen LogP contribution in [0, 0.1) is 0 Å². The molecule has 62 heavy (non-hydrogen) atoms. The molecule has 4 nitrogen and oxygen atoms in total. The predicted molar refractivity (Wildman–Crippen MR) is 251 cm³/mol. The molecule has 2 aromatic heterocycles. The fourth-order valence-electron chi connectivity index (χ4n) is 10.4. The van der Waals surface area contributed by atoms with Gasteiger partial charge in [-0.15, -0.1) is 0 Å². The van der Waals surface area contributed by atoms with Crippen LogP contribution in [-0.2, 0) is 5.41 Å². The fourth-order valence-corrected chi connectivity index (χ4v) is 10.4. The minimum atomic E-state index is -0.438. The lowest BCUT2D eigenvalue weighted by Crippen LogP contribution is -2.26. The van der Waals surface area contributed by atoms with Crippen molar-refractivity contribution in [2.45, 2.75) is 5.41 Å². The summed E-state index contributed by atoms with van der Waals surface area (Å²) in [7, 11) is 0. The van der Waals surface area contributed by atoms with E-state index in [1.807, 2.05) is 36.4 Å². The van der Waals surface area contributed by atoms with E-state index >= 15 is 0 Å². The van der Waals surface area contributed by atoms with Crippen molar-refractivity contribution < 1.29 is 4.42 Å². The molecule has 0 fully saturated rings. The Morgan fingerprint density at radius 1 is 0.306 bits per heavy atom. The number of aromatic nitrogens is 3. The largest absolute Gasteiger partial charge is 0.456 e. The zero-order chi connectivity index (χ0) is 40.8. The first-order chi connectivity index (χ1) is 30.7. The number of para-hydroxylation sites is 1. The van der Waals surface area contributed by atoms with Gasteiger partial charge in [0.2, 0.25) is 0 Å². The third-order valence-corrected chi connectivity index (χ3v) is 13.0. The summed E-state index contributed by atoms with van der Waals surface area (Å²) in [4.78, 5) is 15.4. The smallest absolute Gasteiger partial charge is 0.164 e. The second-order valence-corrected chi connectivity index (χ2v) is 16.2. The third-order valence-electron chi connectivity index (χ3n) is 13.0. The molecule has 2 heterocycles. The summed E-state index contributed by atoms with van der Waals surface area (Å²) in [5.74, 6) is 1.86. The second kappa shape index (κ2) is 13.4. The molecule has 11 aromatic rings. The molecule has 0 aliphatic heterocycles. The van der Waals surface area contributed by atoms with Crippen LogP contribution >= 0.6 is 0 Å². The highest BCUT2D eigenvalue weighted by molar-refractivity contribution is 6.12. The Hall–Kier alpha value is -8.21. The van der Waals surface area contributed by atoms with Crippen LogP contribution in [0.25, 0.3) is 101 Å². The van der Waals surface area contributed by atoms with E-state index in [1.54, 1.807) is 0 Å². The maximum absolute atomic E-state index is 6.25. The van der Waals surface area contributed by atoms with Gasteiger partial charge in [-0.1, -0.05) is 194 Å². The van der Waals surface area contributed by atoms with Gasteiger partial charge < -0.3 is 4.42 Å². The van der Waals surface area contributed by atoms with Gasteiger partial charge in [-0.25, -0.2) is 15.0 Å². The summed E-state index contributed by atoms with van der Waals surface area (Å²) in [5, 5.41) is 2.20. The summed E-state index contributed by atoms with van der Waals surface area (Å²) in [6.45, 7) is 0. The lowest BCUT2D eigenvalue weighted by atomic mass is 9.68. The highest BCUT2D eigenvalue weighted by Gasteiger charge is 2.52. The van der Waals surface area contributed by atoms with Crippen LogP contribution in [0.4, 0.5) is 0 Å². The van der Waals surface area contributed by atoms with Crippen LogP contribution in [0.15, 0.2) is 217 Å². The Bertz CT molecular complexity index is 3520. The topological polar surface area (TPSA) is 51.8 Å². The number of nitrogens with zero attached hydrogens (tertiary/aromatic N) is 3. The molecule has 0 amide bonds. The summed E-state index contributed by atoms with van der Waals surface area (Å²) < 4.78 is 6.25. The highest BCUT2D eigenvalue weighted by Crippen LogP contribution is 2.64. The molecule has 0 N–H and O–H groups in total. The maximum Gasteiger partial charge on any atom is 0.164 e. The van der Waals surface area contributed by atoms with Crippen LogP contribution < -0.4 is 0 Å². The zero-order valence-electron chi connectivity index (χ0n) is 33.5. The second-order valence-electron chi connectivity index (χ2n) is 16.2. The maximum atomic E-state index is 6.25. The van der Waals surface area contributed by atoms with Gasteiger partial charge in [-0.3, -0.25) is 0 Å². The van der Waals surface area contributed by atoms with E-state index in [1.165, 1.54) is 50.1 Å². The van der Waals surface area contributed by atoms with E-state index in [4.69, 9.17) is 19.4 Å². The van der Waals surface area contributed by atoms with E-state index < -0.39 is 5.41 Å². The van der Waals surface area contributed by atoms with Crippen molar-refractivity contribution in [3.8, 4) is 78.7 Å². The van der Waals surface area contributed by atoms with Crippen molar-refractivity contribution in [2.75, 3.05) is 0 Å². The van der Waals surface area contributed by atoms with E-state index in [0.717, 1.165) is 55.3 Å². The molecular weight excluding hydrogens is 755 g/mol. The quantitative estimate of drug-likeness (QED) is 0.174. The van der Waals surface area contributed by atoms with Crippen LogP contribution in [0.1, 0.15) is 22.3 Å². The first-order valence-electron chi connectivity index (χ1n) is 21.1. The molecule has 13 rings (SSSR count). The minimum absolute atomic E-state index is 0.438. The van der Waals surface area contributed by atoms with Crippen molar-refractivity contribution in [3.05, 3.63) is 235 Å². The van der Waals surface area contributed by atoms with Gasteiger partial charge in [0.25, 0.3) is 0 Å². The van der Waals surface area contributed by atoms with Crippen LogP contribution in [0.3, 0.4) is 0 Å². The van der Waals surface area contributed by atoms with Crippen LogP contribution in [-0.4, -0.2) is 15.0 Å². The van der Waals surface area contributed by atoms with Crippen molar-refractivity contribution in [1.82, 2.24) is 15.0 Å². The molecule has 0 radical (unpaired) electrons. The lowest BCUT2D eigenvalue weighted by Gasteiger charge is -2.32. The average molecular weight is 790 g/mol. The molecule has 2 aliphatic rings. The molecule has 9 aromatic carbocycles. The summed E-state index contributed by atoms with van der Waals surface area (Å²) in [5.41, 5.74) is 19.1. The predicted octanol–water partition coefficient (Wildman–Crippen LogP) is 14.4. The molecule has 2 aliphatic carbocycles. The van der Waals surface area contributed by atoms with Gasteiger partial charge in [-0.2, -0.15) is 0 Å². The molecule has 0 bridgehead atoms. The van der Waals surface area contributed by atoms with Crippen molar-refractivity contribution in [3.63, 3.8) is 0 Å². The van der Waals surface area contributed by atoms with Crippen LogP contribution in [0.5, 0.6) is 0 Å². The molecule has 0 atom stereocenters. The lowest BCUT2D eigenvalue weighted by molar-refractivity contribution is 0.669. The molecule has 0 saturated carbocycles. The van der Waals surface area contributed by atoms with Crippen LogP contribution in [0.2, 0.25) is 0 Å². The third kappa shape index (κ3) is 4.98. The summed E-state index contributed by atoms with van der Waals surface area (Å²) in [6, 6.07) is 75.6. The van der Waals surface area contributed by atoms with Crippen molar-refractivity contribution in [2.24, 2.45) is 0 Å². The van der Waals surface area contributed by atoms with Gasteiger partial charge in [0.05, 0.1) is 5.41 Å². The minimum Gasteiger partial charge on any atom is -0.456 e. The number of furan rings is 1. The molecule has 288 valence electrons. The monoisotopic (exact) mass is 789 g/mol. The average Bonchev–Trinajstić information content (AvgIpc) is 3.99. The first kappa shape index (κ1) is 34.6. The van der Waals surface area contributed by atoms with Gasteiger partial charge >= 0.3 is 0 Å². The standard InChI is InChI=1S/C58H35N3O/c1-2-15-37(16-3-1)55-59-56(61-57(60-55)40-18-12-17-39(35-40)41-23-14-30-52-53(41)47-22-7-11-29-51(47)62-52)38-33-31-36(32-34-38)42-24-13-25-46-45-21-6-10-28-50(45)58(54(42)46)48-26-8-4-19-43(48)44-20-5-9-27-49(44)58/h1-35H. The van der Waals surface area contributed by atoms with E-state index in [2.05, 4.69) is 176 Å². The molecule has 0 saturated heterocycles. The number of rotatable bonds is 5. The van der Waals surface area contributed by atoms with Gasteiger partial charge in [0, 0.05) is 27.5 Å². The Balaban J connectivity index is 0.949. The van der Waals surface area contributed by atoms with Crippen molar-refractivity contribution in [1.29, 1.82) is 0 Å². The Morgan fingerprint density at radius 3 is 1.47 bits per heavy atom. The van der Waals surface area contributed by atoms with Gasteiger partial charge in [-0.05, 0) is 85.0 Å². The molecule has 1 spiro atoms. The highest BCUT2D eigenvalue weighted by atomic mass is 16.3. The zero-order valence-corrected chi connectivity index (χ0v) is 33.5. The first-order valence-corrected chi connectivity index (χ1v) is 21.1. The molecule has 4 heteroatoms. The normalized spacial score (nSPS) is 13.0. The molecule has 0 unspecified atom stereocenters. The van der Waals surface area contributed by atoms with E-state index in [-0.39, 0.29) is 0 Å². The van der Waals surface area contributed by atoms with E-state index in [0.29, 0.717) is 17.5 Å². The van der Waals surface area contributed by atoms with E-state index in [9.17, 15) is 0 Å². The summed E-state index contributed by atoms with van der Waals surface area (Å²) in [6.07, 6.45) is 0. The number of fused-ring (bicyclic) bond motifs is 13. The number of benzene rings is 9. The van der Waals surface area contributed by atoms with Gasteiger partial charge in [0.15, 0.2) is 17.5 Å². The Labute approximate surface area is 358 Å². The fraction of sp³-hybridized carbons (Fsp3) is 0.0172. The van der Waals surface area contributed by atoms with Gasteiger partial charge in [0.1, 0.15) is 11.2 Å².